The van der Waals surface area contributed by atoms with E-state index in [2.05, 4.69) is 32.7 Å². The first-order valence-corrected chi connectivity index (χ1v) is 12.3. The van der Waals surface area contributed by atoms with Gasteiger partial charge < -0.3 is 9.64 Å². The molecule has 30 heavy (non-hydrogen) atoms. The molecule has 0 saturated carbocycles. The van der Waals surface area contributed by atoms with Gasteiger partial charge in [-0.1, -0.05) is 19.1 Å². The first kappa shape index (κ1) is 21.4. The van der Waals surface area contributed by atoms with Crippen LogP contribution in [0.15, 0.2) is 58.0 Å². The van der Waals surface area contributed by atoms with Crippen molar-refractivity contribution in [3.05, 3.63) is 58.7 Å². The van der Waals surface area contributed by atoms with Crippen molar-refractivity contribution in [1.82, 2.24) is 13.8 Å². The first-order valence-electron chi connectivity index (χ1n) is 10.1. The second-order valence-electron chi connectivity index (χ2n) is 7.48. The lowest BCUT2D eigenvalue weighted by atomic mass is 10.1. The standard InChI is InChI=1S/C22H26BrN3O3S/c1-3-24-10-12-25(13-11-24)15-17-16-26(21-9-8-18(29-2)14-19(17)21)30(27,28)22-7-5-4-6-20(22)23/h4-9,14,16H,3,10-13,15H2,1-2H3. The molecule has 2 heterocycles. The maximum absolute atomic E-state index is 13.5. The molecule has 1 fully saturated rings. The highest BCUT2D eigenvalue weighted by Crippen LogP contribution is 2.32. The molecule has 1 saturated heterocycles. The van der Waals surface area contributed by atoms with Gasteiger partial charge in [0.05, 0.1) is 12.6 Å². The number of fused-ring (bicyclic) bond motifs is 1. The van der Waals surface area contributed by atoms with Crippen LogP contribution in [-0.2, 0) is 16.6 Å². The Labute approximate surface area is 186 Å². The van der Waals surface area contributed by atoms with Gasteiger partial charge in [0.1, 0.15) is 10.6 Å². The largest absolute Gasteiger partial charge is 0.497 e. The monoisotopic (exact) mass is 491 g/mol. The average molecular weight is 492 g/mol. The fourth-order valence-corrected chi connectivity index (χ4v) is 6.32. The molecule has 0 atom stereocenters. The number of ether oxygens (including phenoxy) is 1. The lowest BCUT2D eigenvalue weighted by molar-refractivity contribution is 0.132. The SMILES string of the molecule is CCN1CCN(Cc2cn(S(=O)(=O)c3ccccc3Br)c3ccc(OC)cc23)CC1. The van der Waals surface area contributed by atoms with E-state index in [4.69, 9.17) is 4.74 Å². The average Bonchev–Trinajstić information content (AvgIpc) is 3.13. The summed E-state index contributed by atoms with van der Waals surface area (Å²) in [5, 5.41) is 0.905. The van der Waals surface area contributed by atoms with Crippen molar-refractivity contribution < 1.29 is 13.2 Å². The summed E-state index contributed by atoms with van der Waals surface area (Å²) in [7, 11) is -2.12. The summed E-state index contributed by atoms with van der Waals surface area (Å²) < 4.78 is 34.3. The summed E-state index contributed by atoms with van der Waals surface area (Å²) in [6.07, 6.45) is 1.77. The maximum atomic E-state index is 13.5. The van der Waals surface area contributed by atoms with Crippen molar-refractivity contribution in [1.29, 1.82) is 0 Å². The number of aromatic nitrogens is 1. The van der Waals surface area contributed by atoms with Crippen LogP contribution in [0.5, 0.6) is 5.75 Å². The van der Waals surface area contributed by atoms with Gasteiger partial charge in [0, 0.05) is 48.8 Å². The number of benzene rings is 2. The molecule has 1 aliphatic rings. The predicted octanol–water partition coefficient (Wildman–Crippen LogP) is 3.79. The van der Waals surface area contributed by atoms with Gasteiger partial charge >= 0.3 is 0 Å². The van der Waals surface area contributed by atoms with Crippen LogP contribution in [0.25, 0.3) is 10.9 Å². The Kier molecular flexibility index (Phi) is 6.20. The highest BCUT2D eigenvalue weighted by Gasteiger charge is 2.25. The summed E-state index contributed by atoms with van der Waals surface area (Å²) >= 11 is 3.39. The fraction of sp³-hybridized carbons (Fsp3) is 0.364. The molecule has 1 aromatic heterocycles. The molecule has 0 unspecified atom stereocenters. The molecule has 0 N–H and O–H groups in total. The van der Waals surface area contributed by atoms with E-state index in [0.717, 1.165) is 49.4 Å². The van der Waals surface area contributed by atoms with Gasteiger partial charge in [-0.05, 0) is 58.4 Å². The summed E-state index contributed by atoms with van der Waals surface area (Å²) in [5.41, 5.74) is 1.65. The molecule has 8 heteroatoms. The molecular weight excluding hydrogens is 466 g/mol. The van der Waals surface area contributed by atoms with Crippen LogP contribution in [-0.4, -0.2) is 62.0 Å². The first-order chi connectivity index (χ1) is 14.4. The Balaban J connectivity index is 1.77. The van der Waals surface area contributed by atoms with Gasteiger partial charge in [-0.3, -0.25) is 4.90 Å². The summed E-state index contributed by atoms with van der Waals surface area (Å²) in [4.78, 5) is 5.07. The molecule has 0 bridgehead atoms. The molecule has 0 aliphatic carbocycles. The topological polar surface area (TPSA) is 54.8 Å². The number of nitrogens with zero attached hydrogens (tertiary/aromatic N) is 3. The van der Waals surface area contributed by atoms with E-state index in [9.17, 15) is 8.42 Å². The zero-order valence-corrected chi connectivity index (χ0v) is 19.6. The molecule has 4 rings (SSSR count). The number of halogens is 1. The van der Waals surface area contributed by atoms with E-state index < -0.39 is 10.0 Å². The third-order valence-corrected chi connectivity index (χ3v) is 8.43. The van der Waals surface area contributed by atoms with Crippen LogP contribution < -0.4 is 4.74 Å². The number of hydrogen-bond acceptors (Lipinski definition) is 5. The van der Waals surface area contributed by atoms with E-state index >= 15 is 0 Å². The van der Waals surface area contributed by atoms with Gasteiger partial charge in [0.15, 0.2) is 0 Å². The number of methoxy groups -OCH3 is 1. The van der Waals surface area contributed by atoms with Crippen LogP contribution in [0, 0.1) is 0 Å². The molecule has 6 nitrogen and oxygen atoms in total. The molecule has 1 aliphatic heterocycles. The number of hydrogen-bond donors (Lipinski definition) is 0. The Morgan fingerprint density at radius 1 is 1.03 bits per heavy atom. The normalized spacial score (nSPS) is 16.2. The minimum absolute atomic E-state index is 0.251. The van der Waals surface area contributed by atoms with Crippen molar-refractivity contribution in [3.63, 3.8) is 0 Å². The van der Waals surface area contributed by atoms with Crippen LogP contribution in [0.4, 0.5) is 0 Å². The van der Waals surface area contributed by atoms with Crippen molar-refractivity contribution in [2.75, 3.05) is 39.8 Å². The number of likely N-dealkylation sites (N-methyl/N-ethyl adjacent to an activating group) is 1. The highest BCUT2D eigenvalue weighted by molar-refractivity contribution is 9.10. The van der Waals surface area contributed by atoms with Gasteiger partial charge in [-0.2, -0.15) is 0 Å². The Morgan fingerprint density at radius 2 is 1.73 bits per heavy atom. The minimum atomic E-state index is -3.75. The lowest BCUT2D eigenvalue weighted by Crippen LogP contribution is -2.45. The zero-order valence-electron chi connectivity index (χ0n) is 17.2. The Morgan fingerprint density at radius 3 is 2.40 bits per heavy atom. The lowest BCUT2D eigenvalue weighted by Gasteiger charge is -2.33. The van der Waals surface area contributed by atoms with Crippen molar-refractivity contribution in [2.45, 2.75) is 18.4 Å². The van der Waals surface area contributed by atoms with Crippen molar-refractivity contribution in [3.8, 4) is 5.75 Å². The second kappa shape index (κ2) is 8.70. The van der Waals surface area contributed by atoms with Gasteiger partial charge in [0.2, 0.25) is 0 Å². The van der Waals surface area contributed by atoms with Crippen molar-refractivity contribution >= 4 is 36.9 Å². The molecule has 160 valence electrons. The molecule has 0 radical (unpaired) electrons. The van der Waals surface area contributed by atoms with Gasteiger partial charge in [-0.25, -0.2) is 12.4 Å². The summed E-state index contributed by atoms with van der Waals surface area (Å²) in [5.74, 6) is 0.718. The molecular formula is C22H26BrN3O3S. The van der Waals surface area contributed by atoms with Crippen LogP contribution in [0.2, 0.25) is 0 Å². The third-order valence-electron chi connectivity index (χ3n) is 5.74. The van der Waals surface area contributed by atoms with E-state index in [1.807, 2.05) is 18.2 Å². The Hall–Kier alpha value is -1.87. The smallest absolute Gasteiger partial charge is 0.269 e. The van der Waals surface area contributed by atoms with Crippen LogP contribution in [0.3, 0.4) is 0 Å². The van der Waals surface area contributed by atoms with E-state index in [1.54, 1.807) is 37.6 Å². The quantitative estimate of drug-likeness (QED) is 0.524. The van der Waals surface area contributed by atoms with E-state index in [-0.39, 0.29) is 4.90 Å². The maximum Gasteiger partial charge on any atom is 0.269 e. The molecule has 3 aromatic rings. The molecule has 0 spiro atoms. The third kappa shape index (κ3) is 4.01. The van der Waals surface area contributed by atoms with Crippen LogP contribution in [0.1, 0.15) is 12.5 Å². The molecule has 0 amide bonds. The molecule has 2 aromatic carbocycles. The highest BCUT2D eigenvalue weighted by atomic mass is 79.9. The minimum Gasteiger partial charge on any atom is -0.497 e. The number of rotatable bonds is 6. The van der Waals surface area contributed by atoms with Crippen LogP contribution >= 0.6 is 15.9 Å². The second-order valence-corrected chi connectivity index (χ2v) is 10.1. The fourth-order valence-electron chi connectivity index (χ4n) is 3.96. The summed E-state index contributed by atoms with van der Waals surface area (Å²) in [6.45, 7) is 7.97. The number of piperazine rings is 1. The predicted molar refractivity (Wildman–Crippen MR) is 123 cm³/mol. The summed E-state index contributed by atoms with van der Waals surface area (Å²) in [6, 6.07) is 12.5. The van der Waals surface area contributed by atoms with E-state index in [1.165, 1.54) is 3.97 Å². The van der Waals surface area contributed by atoms with Gasteiger partial charge in [-0.15, -0.1) is 0 Å². The van der Waals surface area contributed by atoms with E-state index in [0.29, 0.717) is 16.5 Å². The van der Waals surface area contributed by atoms with Crippen molar-refractivity contribution in [2.24, 2.45) is 0 Å². The van der Waals surface area contributed by atoms with Gasteiger partial charge in [0.25, 0.3) is 10.0 Å². The Bertz CT molecular complexity index is 1150. The zero-order chi connectivity index (χ0) is 21.3.